The molecule has 1 heterocycles. The molecule has 0 radical (unpaired) electrons. The Morgan fingerprint density at radius 3 is 2.31 bits per heavy atom. The van der Waals surface area contributed by atoms with Crippen molar-refractivity contribution in [3.8, 4) is 23.0 Å². The topological polar surface area (TPSA) is 70.7 Å². The van der Waals surface area contributed by atoms with Crippen LogP contribution in [0.4, 0.5) is 18.9 Å². The van der Waals surface area contributed by atoms with Crippen LogP contribution in [0.5, 0.6) is 0 Å². The van der Waals surface area contributed by atoms with Gasteiger partial charge in [-0.15, -0.1) is 0 Å². The zero-order valence-corrected chi connectivity index (χ0v) is 18.7. The van der Waals surface area contributed by atoms with Gasteiger partial charge in [-0.05, 0) is 36.4 Å². The number of amides is 1. The summed E-state index contributed by atoms with van der Waals surface area (Å²) in [6.07, 6.45) is -1.67. The zero-order chi connectivity index (χ0) is 25.0. The molecule has 0 atom stereocenters. The molecule has 5 nitrogen and oxygen atoms in total. The molecular weight excluding hydrogens is 477 g/mol. The lowest BCUT2D eigenvalue weighted by atomic mass is 10.1. The van der Waals surface area contributed by atoms with E-state index in [1.807, 2.05) is 66.7 Å². The average Bonchev–Trinajstić information content (AvgIpc) is 3.28. The molecule has 0 unspecified atom stereocenters. The predicted octanol–water partition coefficient (Wildman–Crippen LogP) is 6.76. The lowest BCUT2D eigenvalue weighted by Gasteiger charge is -2.11. The summed E-state index contributed by atoms with van der Waals surface area (Å²) < 4.78 is 41.1. The molecule has 0 bridgehead atoms. The van der Waals surface area contributed by atoms with Gasteiger partial charge in [-0.25, -0.2) is 4.68 Å². The van der Waals surface area contributed by atoms with Gasteiger partial charge < -0.3 is 5.32 Å². The number of nitrogens with zero attached hydrogens (tertiary/aromatic N) is 3. The summed E-state index contributed by atoms with van der Waals surface area (Å²) in [4.78, 5) is 12.8. The third kappa shape index (κ3) is 5.42. The highest BCUT2D eigenvalue weighted by atomic mass is 35.5. The summed E-state index contributed by atoms with van der Waals surface area (Å²) in [5.74, 6) is -0.866. The number of anilines is 1. The molecule has 0 spiro atoms. The minimum absolute atomic E-state index is 0.142. The van der Waals surface area contributed by atoms with E-state index < -0.39 is 22.7 Å². The van der Waals surface area contributed by atoms with Gasteiger partial charge in [-0.2, -0.15) is 23.5 Å². The molecule has 1 amide bonds. The number of rotatable bonds is 5. The fraction of sp³-hybridized carbons (Fsp3) is 0.0385. The molecule has 1 aromatic heterocycles. The second-order valence-corrected chi connectivity index (χ2v) is 7.80. The fourth-order valence-electron chi connectivity index (χ4n) is 3.35. The minimum atomic E-state index is -4.69. The fourth-order valence-corrected chi connectivity index (χ4v) is 3.57. The first-order chi connectivity index (χ1) is 16.8. The van der Waals surface area contributed by atoms with Crippen LogP contribution >= 0.6 is 11.6 Å². The van der Waals surface area contributed by atoms with Crippen LogP contribution in [0, 0.1) is 11.3 Å². The van der Waals surface area contributed by atoms with Crippen LogP contribution < -0.4 is 5.32 Å². The number of benzene rings is 3. The quantitative estimate of drug-likeness (QED) is 0.247. The Balaban J connectivity index is 1.71. The van der Waals surface area contributed by atoms with Crippen molar-refractivity contribution in [3.05, 3.63) is 107 Å². The van der Waals surface area contributed by atoms with E-state index in [0.29, 0.717) is 11.3 Å². The molecule has 1 N–H and O–H groups in total. The zero-order valence-electron chi connectivity index (χ0n) is 17.9. The van der Waals surface area contributed by atoms with Crippen molar-refractivity contribution in [1.29, 1.82) is 5.26 Å². The number of alkyl halides is 3. The number of hydrogen-bond donors (Lipinski definition) is 1. The van der Waals surface area contributed by atoms with Gasteiger partial charge in [0.05, 0.1) is 22.0 Å². The number of carbonyl (C=O) groups excluding carboxylic acids is 1. The third-order valence-corrected chi connectivity index (χ3v) is 5.33. The van der Waals surface area contributed by atoms with Gasteiger partial charge in [0.2, 0.25) is 0 Å². The first kappa shape index (κ1) is 23.8. The van der Waals surface area contributed by atoms with Crippen LogP contribution in [0.15, 0.2) is 90.6 Å². The largest absolute Gasteiger partial charge is 0.417 e. The smallest absolute Gasteiger partial charge is 0.321 e. The monoisotopic (exact) mass is 492 g/mol. The molecule has 0 saturated heterocycles. The van der Waals surface area contributed by atoms with Crippen molar-refractivity contribution in [2.24, 2.45) is 0 Å². The van der Waals surface area contributed by atoms with Crippen LogP contribution in [0.25, 0.3) is 23.0 Å². The van der Waals surface area contributed by atoms with Crippen molar-refractivity contribution < 1.29 is 18.0 Å². The third-order valence-electron chi connectivity index (χ3n) is 5.01. The van der Waals surface area contributed by atoms with Crippen molar-refractivity contribution >= 4 is 29.3 Å². The molecule has 0 aliphatic heterocycles. The first-order valence-electron chi connectivity index (χ1n) is 10.3. The Kier molecular flexibility index (Phi) is 6.71. The molecule has 0 aliphatic carbocycles. The van der Waals surface area contributed by atoms with Gasteiger partial charge >= 0.3 is 6.18 Å². The molecule has 35 heavy (non-hydrogen) atoms. The van der Waals surface area contributed by atoms with Crippen molar-refractivity contribution in [3.63, 3.8) is 0 Å². The lowest BCUT2D eigenvalue weighted by Crippen LogP contribution is -2.14. The summed E-state index contributed by atoms with van der Waals surface area (Å²) in [5, 5.41) is 16.1. The number of para-hydroxylation sites is 1. The number of halogens is 4. The van der Waals surface area contributed by atoms with Gasteiger partial charge in [0, 0.05) is 23.0 Å². The van der Waals surface area contributed by atoms with E-state index in [9.17, 15) is 23.2 Å². The Morgan fingerprint density at radius 2 is 1.69 bits per heavy atom. The Hall–Kier alpha value is -4.35. The second kappa shape index (κ2) is 9.87. The SMILES string of the molecule is N#C/C(=C/c1cn(-c2ccccc2)nc1-c1ccccc1)C(=O)Nc1ccc(Cl)c(C(F)(F)F)c1. The molecule has 3 aromatic carbocycles. The molecule has 174 valence electrons. The van der Waals surface area contributed by atoms with Gasteiger partial charge in [0.1, 0.15) is 11.6 Å². The molecule has 9 heteroatoms. The van der Waals surface area contributed by atoms with E-state index in [2.05, 4.69) is 10.4 Å². The number of aromatic nitrogens is 2. The Labute approximate surface area is 203 Å². The molecule has 0 aliphatic rings. The van der Waals surface area contributed by atoms with Gasteiger partial charge in [0.25, 0.3) is 5.91 Å². The van der Waals surface area contributed by atoms with Gasteiger partial charge in [0.15, 0.2) is 0 Å². The molecule has 4 rings (SSSR count). The number of nitriles is 1. The van der Waals surface area contributed by atoms with Crippen LogP contribution in [-0.4, -0.2) is 15.7 Å². The van der Waals surface area contributed by atoms with E-state index in [0.717, 1.165) is 23.4 Å². The Bertz CT molecular complexity index is 1440. The summed E-state index contributed by atoms with van der Waals surface area (Å²) in [6.45, 7) is 0. The first-order valence-corrected chi connectivity index (χ1v) is 10.6. The summed E-state index contributed by atoms with van der Waals surface area (Å²) >= 11 is 5.64. The lowest BCUT2D eigenvalue weighted by molar-refractivity contribution is -0.137. The van der Waals surface area contributed by atoms with E-state index in [1.165, 1.54) is 12.1 Å². The van der Waals surface area contributed by atoms with Crippen molar-refractivity contribution in [2.75, 3.05) is 5.32 Å². The highest BCUT2D eigenvalue weighted by Gasteiger charge is 2.33. The van der Waals surface area contributed by atoms with Crippen LogP contribution in [0.3, 0.4) is 0 Å². The van der Waals surface area contributed by atoms with E-state index >= 15 is 0 Å². The molecule has 0 saturated carbocycles. The summed E-state index contributed by atoms with van der Waals surface area (Å²) in [6, 6.07) is 23.3. The number of hydrogen-bond acceptors (Lipinski definition) is 3. The van der Waals surface area contributed by atoms with Gasteiger partial charge in [-0.3, -0.25) is 4.79 Å². The maximum absolute atomic E-state index is 13.2. The summed E-state index contributed by atoms with van der Waals surface area (Å²) in [5.41, 5.74) is 1.01. The second-order valence-electron chi connectivity index (χ2n) is 7.40. The van der Waals surface area contributed by atoms with E-state index in [-0.39, 0.29) is 11.3 Å². The van der Waals surface area contributed by atoms with E-state index in [1.54, 1.807) is 10.9 Å². The standard InChI is InChI=1S/C26H16ClF3N4O/c27-23-12-11-20(14-22(23)26(28,29)30)32-25(35)18(15-31)13-19-16-34(21-9-5-2-6-10-21)33-24(19)17-7-3-1-4-8-17/h1-14,16H,(H,32,35)/b18-13-. The normalized spacial score (nSPS) is 11.7. The maximum atomic E-state index is 13.2. The van der Waals surface area contributed by atoms with Gasteiger partial charge in [-0.1, -0.05) is 60.1 Å². The van der Waals surface area contributed by atoms with E-state index in [4.69, 9.17) is 11.6 Å². The molecular formula is C26H16ClF3N4O. The highest BCUT2D eigenvalue weighted by molar-refractivity contribution is 6.31. The maximum Gasteiger partial charge on any atom is 0.417 e. The van der Waals surface area contributed by atoms with Crippen LogP contribution in [0.2, 0.25) is 5.02 Å². The average molecular weight is 493 g/mol. The minimum Gasteiger partial charge on any atom is -0.321 e. The highest BCUT2D eigenvalue weighted by Crippen LogP contribution is 2.36. The predicted molar refractivity (Wildman–Crippen MR) is 128 cm³/mol. The van der Waals surface area contributed by atoms with Crippen LogP contribution in [0.1, 0.15) is 11.1 Å². The van der Waals surface area contributed by atoms with Crippen molar-refractivity contribution in [2.45, 2.75) is 6.18 Å². The molecule has 4 aromatic rings. The number of carbonyl (C=O) groups is 1. The Morgan fingerprint density at radius 1 is 1.03 bits per heavy atom. The van der Waals surface area contributed by atoms with Crippen molar-refractivity contribution in [1.82, 2.24) is 9.78 Å². The summed E-state index contributed by atoms with van der Waals surface area (Å²) in [7, 11) is 0. The number of nitrogens with one attached hydrogen (secondary N) is 1. The molecule has 0 fully saturated rings. The van der Waals surface area contributed by atoms with Crippen LogP contribution in [-0.2, 0) is 11.0 Å².